The molecule has 0 unspecified atom stereocenters. The number of fused-ring (bicyclic) bond motifs is 1. The molecule has 2 aromatic carbocycles. The second-order valence-corrected chi connectivity index (χ2v) is 6.52. The SMILES string of the molecule is COC(=O)n1c(C(F)(F)F)nc2nc(Nc3ccccc3F)c(Nc3ccccc3F)nc21. The van der Waals surface area contributed by atoms with Gasteiger partial charge in [-0.15, -0.1) is 0 Å². The van der Waals surface area contributed by atoms with Crippen molar-refractivity contribution < 1.29 is 31.5 Å². The molecule has 0 fully saturated rings. The van der Waals surface area contributed by atoms with Gasteiger partial charge >= 0.3 is 12.3 Å². The van der Waals surface area contributed by atoms with Crippen LogP contribution in [0.3, 0.4) is 0 Å². The lowest BCUT2D eigenvalue weighted by Gasteiger charge is -2.13. The third-order valence-corrected chi connectivity index (χ3v) is 4.36. The van der Waals surface area contributed by atoms with Crippen molar-refractivity contribution in [2.24, 2.45) is 0 Å². The monoisotopic (exact) mass is 464 g/mol. The van der Waals surface area contributed by atoms with Gasteiger partial charge in [-0.25, -0.2) is 33.1 Å². The maximum Gasteiger partial charge on any atom is 0.450 e. The maximum atomic E-state index is 14.2. The number of imidazole rings is 1. The molecule has 0 saturated heterocycles. The normalized spacial score (nSPS) is 11.5. The average Bonchev–Trinajstić information content (AvgIpc) is 3.15. The first-order valence-electron chi connectivity index (χ1n) is 9.18. The number of benzene rings is 2. The van der Waals surface area contributed by atoms with E-state index in [2.05, 4.69) is 30.3 Å². The highest BCUT2D eigenvalue weighted by Gasteiger charge is 2.41. The van der Waals surface area contributed by atoms with E-state index in [1.54, 1.807) is 0 Å². The summed E-state index contributed by atoms with van der Waals surface area (Å²) in [5, 5.41) is 5.20. The third kappa shape index (κ3) is 4.24. The molecule has 2 heterocycles. The van der Waals surface area contributed by atoms with Gasteiger partial charge in [0.25, 0.3) is 0 Å². The van der Waals surface area contributed by atoms with Gasteiger partial charge in [-0.2, -0.15) is 13.2 Å². The van der Waals surface area contributed by atoms with Crippen LogP contribution in [0, 0.1) is 11.6 Å². The quantitative estimate of drug-likeness (QED) is 0.400. The Labute approximate surface area is 182 Å². The number of carbonyl (C=O) groups excluding carboxylic acids is 1. The van der Waals surface area contributed by atoms with E-state index in [1.807, 2.05) is 0 Å². The molecule has 2 N–H and O–H groups in total. The van der Waals surface area contributed by atoms with Gasteiger partial charge in [-0.05, 0) is 24.3 Å². The fraction of sp³-hybridized carbons (Fsp3) is 0.100. The molecule has 33 heavy (non-hydrogen) atoms. The lowest BCUT2D eigenvalue weighted by molar-refractivity contribution is -0.146. The minimum atomic E-state index is -5.05. The number of carbonyl (C=O) groups is 1. The maximum absolute atomic E-state index is 14.2. The summed E-state index contributed by atoms with van der Waals surface area (Å²) in [5.74, 6) is -3.57. The van der Waals surface area contributed by atoms with E-state index in [0.29, 0.717) is 0 Å². The second-order valence-electron chi connectivity index (χ2n) is 6.52. The summed E-state index contributed by atoms with van der Waals surface area (Å²) < 4.78 is 73.4. The Morgan fingerprint density at radius 3 is 1.88 bits per heavy atom. The molecular formula is C20H13F5N6O2. The molecule has 0 amide bonds. The van der Waals surface area contributed by atoms with Crippen LogP contribution in [-0.4, -0.2) is 32.7 Å². The fourth-order valence-electron chi connectivity index (χ4n) is 2.90. The van der Waals surface area contributed by atoms with Gasteiger partial charge in [0, 0.05) is 0 Å². The van der Waals surface area contributed by atoms with Gasteiger partial charge in [-0.3, -0.25) is 0 Å². The molecule has 4 rings (SSSR count). The Hall–Kier alpha value is -4.29. The van der Waals surface area contributed by atoms with E-state index in [-0.39, 0.29) is 27.6 Å². The number of methoxy groups -OCH3 is 1. The molecule has 170 valence electrons. The Bertz CT molecular complexity index is 1350. The fourth-order valence-corrected chi connectivity index (χ4v) is 2.90. The van der Waals surface area contributed by atoms with E-state index >= 15 is 0 Å². The first-order chi connectivity index (χ1) is 15.7. The number of hydrogen-bond acceptors (Lipinski definition) is 7. The molecule has 0 aliphatic heterocycles. The number of nitrogens with zero attached hydrogens (tertiary/aromatic N) is 4. The highest BCUT2D eigenvalue weighted by Crippen LogP contribution is 2.34. The first-order valence-corrected chi connectivity index (χ1v) is 9.18. The molecule has 8 nitrogen and oxygen atoms in total. The molecule has 0 bridgehead atoms. The van der Waals surface area contributed by atoms with Crippen LogP contribution in [-0.2, 0) is 10.9 Å². The lowest BCUT2D eigenvalue weighted by atomic mass is 10.3. The highest BCUT2D eigenvalue weighted by atomic mass is 19.4. The number of aromatic nitrogens is 4. The molecule has 4 aromatic rings. The van der Waals surface area contributed by atoms with E-state index in [0.717, 1.165) is 19.2 Å². The largest absolute Gasteiger partial charge is 0.452 e. The van der Waals surface area contributed by atoms with Crippen molar-refractivity contribution in [3.63, 3.8) is 0 Å². The molecule has 0 saturated carbocycles. The van der Waals surface area contributed by atoms with Crippen molar-refractivity contribution >= 4 is 40.4 Å². The van der Waals surface area contributed by atoms with Crippen LogP contribution in [0.15, 0.2) is 48.5 Å². The molecule has 0 aliphatic carbocycles. The summed E-state index contributed by atoms with van der Waals surface area (Å²) in [6.45, 7) is 0. The van der Waals surface area contributed by atoms with Crippen molar-refractivity contribution in [3.05, 3.63) is 66.0 Å². The minimum absolute atomic E-state index is 0.0776. The van der Waals surface area contributed by atoms with Crippen LogP contribution in [0.2, 0.25) is 0 Å². The molecule has 0 radical (unpaired) electrons. The van der Waals surface area contributed by atoms with E-state index < -0.39 is 41.0 Å². The van der Waals surface area contributed by atoms with E-state index in [9.17, 15) is 26.7 Å². The van der Waals surface area contributed by atoms with Crippen molar-refractivity contribution in [2.45, 2.75) is 6.18 Å². The number of para-hydroxylation sites is 2. The summed E-state index contributed by atoms with van der Waals surface area (Å²) in [4.78, 5) is 23.5. The molecule has 0 aliphatic rings. The molecule has 13 heteroatoms. The average molecular weight is 464 g/mol. The summed E-state index contributed by atoms with van der Waals surface area (Å²) in [6.07, 6.45) is -6.46. The minimum Gasteiger partial charge on any atom is -0.452 e. The summed E-state index contributed by atoms with van der Waals surface area (Å²) in [6, 6.07) is 10.8. The number of anilines is 4. The van der Waals surface area contributed by atoms with Crippen LogP contribution < -0.4 is 10.6 Å². The standard InChI is InChI=1S/C20H13F5N6O2/c1-33-19(32)31-17-16(30-18(31)20(23,24)25)28-14(26-12-8-4-2-6-10(12)21)15(29-17)27-13-9-5-3-7-11(13)22/h2-9H,1H3,(H,26,28)(H,27,29). The van der Waals surface area contributed by atoms with Gasteiger partial charge in [0.05, 0.1) is 18.5 Å². The Morgan fingerprint density at radius 2 is 1.39 bits per heavy atom. The van der Waals surface area contributed by atoms with Crippen LogP contribution in [0.25, 0.3) is 11.3 Å². The summed E-state index contributed by atoms with van der Waals surface area (Å²) in [7, 11) is 0.883. The molecule has 0 spiro atoms. The van der Waals surface area contributed by atoms with Gasteiger partial charge in [0.15, 0.2) is 17.3 Å². The van der Waals surface area contributed by atoms with Gasteiger partial charge in [-0.1, -0.05) is 24.3 Å². The number of alkyl halides is 3. The van der Waals surface area contributed by atoms with Crippen LogP contribution in [0.1, 0.15) is 5.82 Å². The smallest absolute Gasteiger partial charge is 0.450 e. The second kappa shape index (κ2) is 8.33. The predicted molar refractivity (Wildman–Crippen MR) is 107 cm³/mol. The van der Waals surface area contributed by atoms with Crippen LogP contribution >= 0.6 is 0 Å². The Morgan fingerprint density at radius 1 is 0.879 bits per heavy atom. The zero-order chi connectivity index (χ0) is 23.8. The Kier molecular flexibility index (Phi) is 5.54. The zero-order valence-corrected chi connectivity index (χ0v) is 16.6. The van der Waals surface area contributed by atoms with Crippen molar-refractivity contribution in [1.82, 2.24) is 19.5 Å². The van der Waals surface area contributed by atoms with Gasteiger partial charge < -0.3 is 15.4 Å². The Balaban J connectivity index is 1.95. The zero-order valence-electron chi connectivity index (χ0n) is 16.6. The number of nitrogens with one attached hydrogen (secondary N) is 2. The lowest BCUT2D eigenvalue weighted by Crippen LogP contribution is -2.21. The molecule has 0 atom stereocenters. The summed E-state index contributed by atoms with van der Waals surface area (Å²) >= 11 is 0. The predicted octanol–water partition coefficient (Wildman–Crippen LogP) is 5.23. The van der Waals surface area contributed by atoms with Gasteiger partial charge in [0.1, 0.15) is 11.6 Å². The van der Waals surface area contributed by atoms with E-state index in [4.69, 9.17) is 0 Å². The summed E-state index contributed by atoms with van der Waals surface area (Å²) in [5.41, 5.74) is -1.35. The van der Waals surface area contributed by atoms with Crippen molar-refractivity contribution in [1.29, 1.82) is 0 Å². The topological polar surface area (TPSA) is 94.0 Å². The van der Waals surface area contributed by atoms with Crippen LogP contribution in [0.4, 0.5) is 49.8 Å². The number of halogens is 5. The van der Waals surface area contributed by atoms with E-state index in [1.165, 1.54) is 36.4 Å². The van der Waals surface area contributed by atoms with Crippen molar-refractivity contribution in [3.8, 4) is 0 Å². The van der Waals surface area contributed by atoms with Gasteiger partial charge in [0.2, 0.25) is 11.5 Å². The third-order valence-electron chi connectivity index (χ3n) is 4.36. The first kappa shape index (κ1) is 21.9. The number of rotatable bonds is 4. The molecular weight excluding hydrogens is 451 g/mol. The van der Waals surface area contributed by atoms with Crippen LogP contribution in [0.5, 0.6) is 0 Å². The molecule has 2 aromatic heterocycles. The van der Waals surface area contributed by atoms with Crippen molar-refractivity contribution in [2.75, 3.05) is 17.7 Å². The number of ether oxygens (including phenoxy) is 1. The highest BCUT2D eigenvalue weighted by molar-refractivity contribution is 5.87. The number of hydrogen-bond donors (Lipinski definition) is 2.